The van der Waals surface area contributed by atoms with Gasteiger partial charge in [-0.3, -0.25) is 0 Å². The van der Waals surface area contributed by atoms with E-state index < -0.39 is 0 Å². The zero-order chi connectivity index (χ0) is 9.14. The fourth-order valence-electron chi connectivity index (χ4n) is 2.39. The van der Waals surface area contributed by atoms with Gasteiger partial charge in [0.15, 0.2) is 0 Å². The highest BCUT2D eigenvalue weighted by atomic mass is 28.2. The Labute approximate surface area is 79.4 Å². The third-order valence-corrected chi connectivity index (χ3v) is 3.87. The van der Waals surface area contributed by atoms with Gasteiger partial charge in [-0.15, -0.1) is 0 Å². The van der Waals surface area contributed by atoms with Crippen molar-refractivity contribution in [1.82, 2.24) is 0 Å². The van der Waals surface area contributed by atoms with E-state index in [0.29, 0.717) is 6.10 Å². The predicted molar refractivity (Wildman–Crippen MR) is 56.2 cm³/mol. The highest BCUT2D eigenvalue weighted by Gasteiger charge is 2.29. The standard InChI is InChI=1S/C10H22OSi/c1-7(2)9-5-4-8(3)6-10(9)11-12/h7-10H,4-6H2,1-3,12H3. The van der Waals surface area contributed by atoms with Crippen LogP contribution >= 0.6 is 0 Å². The Bertz CT molecular complexity index is 136. The Kier molecular flexibility index (Phi) is 3.78. The van der Waals surface area contributed by atoms with E-state index in [0.717, 1.165) is 28.2 Å². The highest BCUT2D eigenvalue weighted by molar-refractivity contribution is 5.98. The summed E-state index contributed by atoms with van der Waals surface area (Å²) in [7, 11) is 0.905. The molecule has 1 saturated carbocycles. The average Bonchev–Trinajstić information content (AvgIpc) is 2.03. The Morgan fingerprint density at radius 1 is 1.33 bits per heavy atom. The topological polar surface area (TPSA) is 9.23 Å². The molecular weight excluding hydrogens is 164 g/mol. The predicted octanol–water partition coefficient (Wildman–Crippen LogP) is 1.74. The molecule has 1 fully saturated rings. The van der Waals surface area contributed by atoms with Crippen LogP contribution in [0.1, 0.15) is 40.0 Å². The van der Waals surface area contributed by atoms with Crippen LogP contribution in [0.25, 0.3) is 0 Å². The van der Waals surface area contributed by atoms with Crippen LogP contribution in [-0.2, 0) is 4.43 Å². The maximum absolute atomic E-state index is 5.67. The van der Waals surface area contributed by atoms with E-state index in [-0.39, 0.29) is 0 Å². The van der Waals surface area contributed by atoms with Crippen molar-refractivity contribution in [2.24, 2.45) is 17.8 Å². The van der Waals surface area contributed by atoms with Crippen LogP contribution in [0.3, 0.4) is 0 Å². The Morgan fingerprint density at radius 2 is 2.00 bits per heavy atom. The van der Waals surface area contributed by atoms with E-state index in [2.05, 4.69) is 20.8 Å². The second kappa shape index (κ2) is 4.42. The van der Waals surface area contributed by atoms with Crippen molar-refractivity contribution in [1.29, 1.82) is 0 Å². The van der Waals surface area contributed by atoms with Gasteiger partial charge >= 0.3 is 0 Å². The number of rotatable bonds is 2. The van der Waals surface area contributed by atoms with E-state index in [4.69, 9.17) is 4.43 Å². The zero-order valence-electron chi connectivity index (χ0n) is 8.84. The summed E-state index contributed by atoms with van der Waals surface area (Å²) in [4.78, 5) is 0. The maximum Gasteiger partial charge on any atom is 0.146 e. The van der Waals surface area contributed by atoms with E-state index in [1.54, 1.807) is 0 Å². The van der Waals surface area contributed by atoms with Gasteiger partial charge in [-0.25, -0.2) is 0 Å². The second-order valence-corrected chi connectivity index (χ2v) is 5.07. The lowest BCUT2D eigenvalue weighted by atomic mass is 9.75. The molecule has 1 nitrogen and oxygen atoms in total. The first kappa shape index (κ1) is 10.3. The molecule has 0 bridgehead atoms. The van der Waals surface area contributed by atoms with Crippen molar-refractivity contribution >= 4 is 10.5 Å². The Morgan fingerprint density at radius 3 is 2.50 bits per heavy atom. The Hall–Kier alpha value is 0.177. The van der Waals surface area contributed by atoms with Crippen molar-refractivity contribution in [2.45, 2.75) is 46.1 Å². The molecule has 0 heterocycles. The van der Waals surface area contributed by atoms with E-state index >= 15 is 0 Å². The van der Waals surface area contributed by atoms with Gasteiger partial charge in [0.1, 0.15) is 10.5 Å². The minimum atomic E-state index is 0.584. The molecule has 3 unspecified atom stereocenters. The summed E-state index contributed by atoms with van der Waals surface area (Å²) in [6, 6.07) is 0. The lowest BCUT2D eigenvalue weighted by Gasteiger charge is -2.36. The summed E-state index contributed by atoms with van der Waals surface area (Å²) >= 11 is 0. The van der Waals surface area contributed by atoms with Crippen molar-refractivity contribution in [2.75, 3.05) is 0 Å². The first-order valence-electron chi connectivity index (χ1n) is 5.18. The first-order valence-corrected chi connectivity index (χ1v) is 5.99. The molecule has 1 aliphatic carbocycles. The molecule has 0 aliphatic heterocycles. The molecule has 0 radical (unpaired) electrons. The van der Waals surface area contributed by atoms with Crippen LogP contribution in [0.5, 0.6) is 0 Å². The second-order valence-electron chi connectivity index (χ2n) is 4.60. The van der Waals surface area contributed by atoms with Crippen molar-refractivity contribution in [3.8, 4) is 0 Å². The van der Waals surface area contributed by atoms with Gasteiger partial charge in [0.05, 0.1) is 0 Å². The van der Waals surface area contributed by atoms with Gasteiger partial charge < -0.3 is 4.43 Å². The van der Waals surface area contributed by atoms with E-state index in [9.17, 15) is 0 Å². The third kappa shape index (κ3) is 2.33. The normalized spacial score (nSPS) is 37.5. The maximum atomic E-state index is 5.67. The molecule has 1 rings (SSSR count). The molecule has 0 spiro atoms. The van der Waals surface area contributed by atoms with Gasteiger partial charge in [0.25, 0.3) is 0 Å². The van der Waals surface area contributed by atoms with Crippen molar-refractivity contribution in [3.63, 3.8) is 0 Å². The van der Waals surface area contributed by atoms with Gasteiger partial charge in [-0.05, 0) is 30.6 Å². The molecule has 2 heteroatoms. The molecule has 1 aliphatic rings. The van der Waals surface area contributed by atoms with Crippen LogP contribution in [0.4, 0.5) is 0 Å². The summed E-state index contributed by atoms with van der Waals surface area (Å²) in [5, 5.41) is 0. The summed E-state index contributed by atoms with van der Waals surface area (Å²) in [5.74, 6) is 2.52. The molecule has 0 aromatic rings. The molecule has 12 heavy (non-hydrogen) atoms. The molecule has 72 valence electrons. The summed E-state index contributed by atoms with van der Waals surface area (Å²) < 4.78 is 5.67. The summed E-state index contributed by atoms with van der Waals surface area (Å²) in [5.41, 5.74) is 0. The van der Waals surface area contributed by atoms with Crippen LogP contribution < -0.4 is 0 Å². The third-order valence-electron chi connectivity index (χ3n) is 3.26. The molecule has 0 amide bonds. The largest absolute Gasteiger partial charge is 0.425 e. The van der Waals surface area contributed by atoms with Gasteiger partial charge in [-0.2, -0.15) is 0 Å². The van der Waals surface area contributed by atoms with Gasteiger partial charge in [0, 0.05) is 6.10 Å². The number of hydrogen-bond acceptors (Lipinski definition) is 1. The summed E-state index contributed by atoms with van der Waals surface area (Å²) in [6.45, 7) is 7.01. The molecule has 0 aromatic carbocycles. The van der Waals surface area contributed by atoms with E-state index in [1.165, 1.54) is 19.3 Å². The zero-order valence-corrected chi connectivity index (χ0v) is 10.8. The molecule has 0 N–H and O–H groups in total. The number of hydrogen-bond donors (Lipinski definition) is 0. The van der Waals surface area contributed by atoms with Crippen LogP contribution in [0, 0.1) is 17.8 Å². The highest BCUT2D eigenvalue weighted by Crippen LogP contribution is 2.34. The molecule has 3 atom stereocenters. The van der Waals surface area contributed by atoms with Crippen molar-refractivity contribution in [3.05, 3.63) is 0 Å². The quantitative estimate of drug-likeness (QED) is 0.597. The van der Waals surface area contributed by atoms with Crippen LogP contribution in [-0.4, -0.2) is 16.6 Å². The molecule has 0 aromatic heterocycles. The lowest BCUT2D eigenvalue weighted by Crippen LogP contribution is -2.33. The lowest BCUT2D eigenvalue weighted by molar-refractivity contribution is 0.0529. The average molecular weight is 186 g/mol. The van der Waals surface area contributed by atoms with Gasteiger partial charge in [0.2, 0.25) is 0 Å². The fourth-order valence-corrected chi connectivity index (χ4v) is 2.93. The first-order chi connectivity index (χ1) is 5.65. The fraction of sp³-hybridized carbons (Fsp3) is 1.00. The van der Waals surface area contributed by atoms with Crippen LogP contribution in [0.15, 0.2) is 0 Å². The minimum Gasteiger partial charge on any atom is -0.425 e. The summed E-state index contributed by atoms with van der Waals surface area (Å²) in [6.07, 6.45) is 4.67. The smallest absolute Gasteiger partial charge is 0.146 e. The Balaban J connectivity index is 2.50. The molecular formula is C10H22OSi. The van der Waals surface area contributed by atoms with Crippen molar-refractivity contribution < 1.29 is 4.43 Å². The van der Waals surface area contributed by atoms with Crippen LogP contribution in [0.2, 0.25) is 0 Å². The van der Waals surface area contributed by atoms with Gasteiger partial charge in [-0.1, -0.05) is 27.2 Å². The monoisotopic (exact) mass is 186 g/mol. The SMILES string of the molecule is CC1CCC(C(C)C)C(O[SiH3])C1. The minimum absolute atomic E-state index is 0.584. The molecule has 0 saturated heterocycles. The van der Waals surface area contributed by atoms with E-state index in [1.807, 2.05) is 0 Å².